The first-order chi connectivity index (χ1) is 6.16. The minimum absolute atomic E-state index is 0.269. The quantitative estimate of drug-likeness (QED) is 0.731. The van der Waals surface area contributed by atoms with E-state index in [1.807, 2.05) is 18.2 Å². The lowest BCUT2D eigenvalue weighted by Gasteiger charge is -2.01. The fourth-order valence-corrected chi connectivity index (χ4v) is 1.40. The first kappa shape index (κ1) is 8.25. The lowest BCUT2D eigenvalue weighted by atomic mass is 10.3. The molecule has 0 saturated carbocycles. The molecule has 5 heteroatoms. The number of rotatable bonds is 0. The van der Waals surface area contributed by atoms with Crippen molar-refractivity contribution in [1.29, 1.82) is 0 Å². The maximum atomic E-state index is 5.52. The van der Waals surface area contributed by atoms with Crippen molar-refractivity contribution in [2.24, 2.45) is 0 Å². The van der Waals surface area contributed by atoms with Crippen LogP contribution in [-0.4, -0.2) is 9.97 Å². The van der Waals surface area contributed by atoms with Crippen molar-refractivity contribution < 1.29 is 0 Å². The minimum atomic E-state index is 0.269. The lowest BCUT2D eigenvalue weighted by Crippen LogP contribution is -2.00. The van der Waals surface area contributed by atoms with Crippen LogP contribution < -0.4 is 11.5 Å². The molecule has 0 saturated heterocycles. The number of halogens is 1. The van der Waals surface area contributed by atoms with Crippen LogP contribution in [0.5, 0.6) is 0 Å². The molecule has 0 aliphatic rings. The van der Waals surface area contributed by atoms with Gasteiger partial charge in [0.25, 0.3) is 0 Å². The Kier molecular flexibility index (Phi) is 1.81. The molecule has 2 rings (SSSR count). The summed E-state index contributed by atoms with van der Waals surface area (Å²) in [7, 11) is 0. The molecule has 0 amide bonds. The Balaban J connectivity index is 2.81. The van der Waals surface area contributed by atoms with E-state index in [1.165, 1.54) is 0 Å². The molecular formula is C8H7BrN4. The summed E-state index contributed by atoms with van der Waals surface area (Å²) in [5.41, 5.74) is 12.5. The van der Waals surface area contributed by atoms with Gasteiger partial charge in [-0.2, -0.15) is 0 Å². The summed E-state index contributed by atoms with van der Waals surface area (Å²) in [6, 6.07) is 5.56. The summed E-state index contributed by atoms with van der Waals surface area (Å²) in [5, 5.41) is 0. The van der Waals surface area contributed by atoms with Crippen LogP contribution in [-0.2, 0) is 0 Å². The Morgan fingerprint density at radius 3 is 2.31 bits per heavy atom. The van der Waals surface area contributed by atoms with Crippen LogP contribution >= 0.6 is 15.9 Å². The number of nitrogen functional groups attached to an aromatic ring is 2. The molecule has 2 aromatic rings. The van der Waals surface area contributed by atoms with E-state index < -0.39 is 0 Å². The highest BCUT2D eigenvalue weighted by Crippen LogP contribution is 2.19. The number of hydrogen-bond acceptors (Lipinski definition) is 4. The SMILES string of the molecule is Nc1nc2ccc(Br)cc2nc1N. The van der Waals surface area contributed by atoms with Crippen molar-refractivity contribution in [3.8, 4) is 0 Å². The second-order valence-corrected chi connectivity index (χ2v) is 3.54. The van der Waals surface area contributed by atoms with Crippen LogP contribution in [0.2, 0.25) is 0 Å². The standard InChI is InChI=1S/C8H7BrN4/c9-4-1-2-5-6(3-4)13-8(11)7(10)12-5/h1-3H,(H2,10,12)(H2,11,13). The molecule has 0 aliphatic carbocycles. The van der Waals surface area contributed by atoms with Crippen LogP contribution in [0, 0.1) is 0 Å². The van der Waals surface area contributed by atoms with Crippen molar-refractivity contribution in [3.05, 3.63) is 22.7 Å². The Morgan fingerprint density at radius 1 is 1.00 bits per heavy atom. The largest absolute Gasteiger partial charge is 0.381 e. The molecule has 0 radical (unpaired) electrons. The van der Waals surface area contributed by atoms with Gasteiger partial charge in [0.2, 0.25) is 0 Å². The number of anilines is 2. The van der Waals surface area contributed by atoms with Crippen LogP contribution in [0.1, 0.15) is 0 Å². The number of fused-ring (bicyclic) bond motifs is 1. The average molecular weight is 239 g/mol. The average Bonchev–Trinajstić information content (AvgIpc) is 2.08. The van der Waals surface area contributed by atoms with Gasteiger partial charge in [-0.3, -0.25) is 0 Å². The molecule has 0 bridgehead atoms. The summed E-state index contributed by atoms with van der Waals surface area (Å²) in [6.45, 7) is 0. The monoisotopic (exact) mass is 238 g/mol. The van der Waals surface area contributed by atoms with Gasteiger partial charge in [0.1, 0.15) is 0 Å². The topological polar surface area (TPSA) is 77.8 Å². The Morgan fingerprint density at radius 2 is 1.62 bits per heavy atom. The van der Waals surface area contributed by atoms with E-state index in [0.29, 0.717) is 0 Å². The zero-order valence-electron chi connectivity index (χ0n) is 6.66. The Bertz CT molecular complexity index is 469. The summed E-state index contributed by atoms with van der Waals surface area (Å²) >= 11 is 3.34. The second-order valence-electron chi connectivity index (χ2n) is 2.63. The predicted molar refractivity (Wildman–Crippen MR) is 56.1 cm³/mol. The minimum Gasteiger partial charge on any atom is -0.381 e. The summed E-state index contributed by atoms with van der Waals surface area (Å²) in [4.78, 5) is 8.18. The van der Waals surface area contributed by atoms with E-state index >= 15 is 0 Å². The third-order valence-electron chi connectivity index (χ3n) is 1.68. The fraction of sp³-hybridized carbons (Fsp3) is 0. The van der Waals surface area contributed by atoms with Crippen LogP contribution in [0.25, 0.3) is 11.0 Å². The lowest BCUT2D eigenvalue weighted by molar-refractivity contribution is 1.31. The van der Waals surface area contributed by atoms with E-state index in [4.69, 9.17) is 11.5 Å². The third-order valence-corrected chi connectivity index (χ3v) is 2.17. The summed E-state index contributed by atoms with van der Waals surface area (Å²) in [5.74, 6) is 0.542. The van der Waals surface area contributed by atoms with Gasteiger partial charge in [0.15, 0.2) is 11.6 Å². The molecule has 1 aromatic heterocycles. The van der Waals surface area contributed by atoms with Gasteiger partial charge < -0.3 is 11.5 Å². The molecule has 0 atom stereocenters. The van der Waals surface area contributed by atoms with E-state index in [9.17, 15) is 0 Å². The third kappa shape index (κ3) is 1.42. The summed E-state index contributed by atoms with van der Waals surface area (Å²) < 4.78 is 0.943. The number of hydrogen-bond donors (Lipinski definition) is 2. The van der Waals surface area contributed by atoms with Crippen LogP contribution in [0.15, 0.2) is 22.7 Å². The van der Waals surface area contributed by atoms with Crippen LogP contribution in [0.3, 0.4) is 0 Å². The maximum absolute atomic E-state index is 5.52. The highest BCUT2D eigenvalue weighted by Gasteiger charge is 2.01. The van der Waals surface area contributed by atoms with Crippen LogP contribution in [0.4, 0.5) is 11.6 Å². The van der Waals surface area contributed by atoms with Crippen molar-refractivity contribution in [2.75, 3.05) is 11.5 Å². The van der Waals surface area contributed by atoms with E-state index in [2.05, 4.69) is 25.9 Å². The zero-order valence-corrected chi connectivity index (χ0v) is 8.25. The molecule has 0 fully saturated rings. The van der Waals surface area contributed by atoms with E-state index in [1.54, 1.807) is 0 Å². The number of aromatic nitrogens is 2. The van der Waals surface area contributed by atoms with Gasteiger partial charge in [0.05, 0.1) is 11.0 Å². The molecule has 0 spiro atoms. The van der Waals surface area contributed by atoms with Crippen molar-refractivity contribution in [3.63, 3.8) is 0 Å². The smallest absolute Gasteiger partial charge is 0.166 e. The number of nitrogens with zero attached hydrogens (tertiary/aromatic N) is 2. The first-order valence-corrected chi connectivity index (χ1v) is 4.44. The van der Waals surface area contributed by atoms with Gasteiger partial charge in [0, 0.05) is 4.47 Å². The van der Waals surface area contributed by atoms with Gasteiger partial charge in [-0.25, -0.2) is 9.97 Å². The normalized spacial score (nSPS) is 10.5. The highest BCUT2D eigenvalue weighted by atomic mass is 79.9. The number of nitrogens with two attached hydrogens (primary N) is 2. The molecule has 0 aliphatic heterocycles. The summed E-state index contributed by atoms with van der Waals surface area (Å²) in [6.07, 6.45) is 0. The Labute approximate surface area is 83.1 Å². The van der Waals surface area contributed by atoms with Crippen molar-refractivity contribution in [2.45, 2.75) is 0 Å². The van der Waals surface area contributed by atoms with Gasteiger partial charge in [-0.15, -0.1) is 0 Å². The fourth-order valence-electron chi connectivity index (χ4n) is 1.05. The molecule has 4 nitrogen and oxygen atoms in total. The van der Waals surface area contributed by atoms with E-state index in [0.717, 1.165) is 15.5 Å². The molecule has 1 aromatic carbocycles. The molecular weight excluding hydrogens is 232 g/mol. The maximum Gasteiger partial charge on any atom is 0.166 e. The molecule has 66 valence electrons. The second kappa shape index (κ2) is 2.85. The molecule has 4 N–H and O–H groups in total. The van der Waals surface area contributed by atoms with Crippen molar-refractivity contribution in [1.82, 2.24) is 9.97 Å². The van der Waals surface area contributed by atoms with Crippen molar-refractivity contribution >= 4 is 38.6 Å². The molecule has 13 heavy (non-hydrogen) atoms. The van der Waals surface area contributed by atoms with Gasteiger partial charge in [-0.05, 0) is 18.2 Å². The van der Waals surface area contributed by atoms with E-state index in [-0.39, 0.29) is 11.6 Å². The number of benzene rings is 1. The Hall–Kier alpha value is -1.36. The van der Waals surface area contributed by atoms with Gasteiger partial charge in [-0.1, -0.05) is 15.9 Å². The molecule has 0 unspecified atom stereocenters. The predicted octanol–water partition coefficient (Wildman–Crippen LogP) is 1.56. The molecule has 1 heterocycles. The highest BCUT2D eigenvalue weighted by molar-refractivity contribution is 9.10. The zero-order chi connectivity index (χ0) is 9.42. The first-order valence-electron chi connectivity index (χ1n) is 3.65. The van der Waals surface area contributed by atoms with Gasteiger partial charge >= 0.3 is 0 Å².